The van der Waals surface area contributed by atoms with Gasteiger partial charge in [0.1, 0.15) is 52.7 Å². The second kappa shape index (κ2) is 19.5. The molecule has 0 unspecified atom stereocenters. The Morgan fingerprint density at radius 2 is 0.714 bits per heavy atom. The summed E-state index contributed by atoms with van der Waals surface area (Å²) in [7, 11) is 0. The van der Waals surface area contributed by atoms with Gasteiger partial charge in [-0.05, 0) is 36.5 Å². The van der Waals surface area contributed by atoms with Gasteiger partial charge in [-0.3, -0.25) is 4.79 Å². The van der Waals surface area contributed by atoms with Gasteiger partial charge in [0.25, 0.3) is 0 Å². The van der Waals surface area contributed by atoms with Crippen LogP contribution in [0.2, 0.25) is 0 Å². The molecule has 0 bridgehead atoms. The average Bonchev–Trinajstić information content (AvgIpc) is 3.36. The van der Waals surface area contributed by atoms with E-state index in [2.05, 4.69) is 30.3 Å². The molecular formula is C47H24BF20NO. The molecule has 0 radical (unpaired) electrons. The SMILES string of the molecule is Fc1c(F)c(F)c([B-](c2c(F)c(F)c(F)c(F)c2F)(c2c(F)c(F)c(F)c(F)c2F)c2c(F)c(F)c(F)c(F)c2F)c(F)c1F.O=C(C[n+]1cccc2ccccc21)c1ccc(C2CCCCC2)cc1. The molecule has 0 N–H and O–H groups in total. The number of hydrogen-bond acceptors (Lipinski definition) is 1. The zero-order valence-corrected chi connectivity index (χ0v) is 34.7. The lowest BCUT2D eigenvalue weighted by Crippen LogP contribution is -2.81. The molecule has 1 aliphatic carbocycles. The summed E-state index contributed by atoms with van der Waals surface area (Å²) in [4.78, 5) is 12.7. The molecule has 0 amide bonds. The summed E-state index contributed by atoms with van der Waals surface area (Å²) in [6.45, 7) is 0.379. The molecule has 0 aliphatic heterocycles. The summed E-state index contributed by atoms with van der Waals surface area (Å²) in [6.07, 6.45) is 1.39. The minimum Gasteiger partial charge on any atom is -0.287 e. The van der Waals surface area contributed by atoms with Crippen LogP contribution in [0.5, 0.6) is 0 Å². The molecule has 1 saturated carbocycles. The number of carbonyl (C=O) groups is 1. The number of fused-ring (bicyclic) bond motifs is 1. The van der Waals surface area contributed by atoms with Crippen LogP contribution in [0, 0.1) is 116 Å². The van der Waals surface area contributed by atoms with Gasteiger partial charge in [0.05, 0.1) is 0 Å². The Morgan fingerprint density at radius 3 is 1.07 bits per heavy atom. The van der Waals surface area contributed by atoms with Gasteiger partial charge in [0.15, 0.2) is 76.0 Å². The lowest BCUT2D eigenvalue weighted by Gasteiger charge is -2.44. The Kier molecular flexibility index (Phi) is 14.2. The summed E-state index contributed by atoms with van der Waals surface area (Å²) in [5, 5.41) is 1.16. The predicted octanol–water partition coefficient (Wildman–Crippen LogP) is 10.9. The third kappa shape index (κ3) is 8.18. The number of Topliss-reactive ketones (excluding diaryl/α,β-unsaturated/α-hetero) is 1. The first-order chi connectivity index (χ1) is 33.0. The van der Waals surface area contributed by atoms with Gasteiger partial charge in [-0.25, -0.2) is 87.8 Å². The number of nitrogens with zero attached hydrogens (tertiary/aromatic N) is 1. The monoisotopic (exact) mass is 1010 g/mol. The molecule has 1 aliphatic rings. The number of aromatic nitrogens is 1. The van der Waals surface area contributed by atoms with E-state index >= 15 is 35.1 Å². The quantitative estimate of drug-likeness (QED) is 0.0371. The topological polar surface area (TPSA) is 20.9 Å². The number of rotatable bonds is 8. The molecule has 0 saturated heterocycles. The van der Waals surface area contributed by atoms with Crippen molar-refractivity contribution < 1.29 is 97.2 Å². The first-order valence-corrected chi connectivity index (χ1v) is 20.2. The van der Waals surface area contributed by atoms with Crippen LogP contribution in [0.15, 0.2) is 66.9 Å². The summed E-state index contributed by atoms with van der Waals surface area (Å²) in [5.41, 5.74) is -11.0. The maximum Gasteiger partial charge on any atom is 0.227 e. The van der Waals surface area contributed by atoms with E-state index in [-0.39, 0.29) is 5.78 Å². The minimum atomic E-state index is -7.22. The second-order valence-electron chi connectivity index (χ2n) is 15.9. The minimum absolute atomic E-state index is 0.163. The molecule has 0 spiro atoms. The fraction of sp³-hybridized carbons (Fsp3) is 0.149. The van der Waals surface area contributed by atoms with E-state index in [4.69, 9.17) is 0 Å². The first kappa shape index (κ1) is 50.9. The van der Waals surface area contributed by atoms with Crippen LogP contribution in [0.4, 0.5) is 87.8 Å². The second-order valence-corrected chi connectivity index (χ2v) is 15.9. The van der Waals surface area contributed by atoms with Gasteiger partial charge in [0, 0.05) is 23.1 Å². The van der Waals surface area contributed by atoms with Crippen molar-refractivity contribution in [1.29, 1.82) is 0 Å². The van der Waals surface area contributed by atoms with Crippen molar-refractivity contribution in [3.8, 4) is 0 Å². The Hall–Kier alpha value is -6.94. The Bertz CT molecular complexity index is 2860. The van der Waals surface area contributed by atoms with Crippen molar-refractivity contribution in [3.05, 3.63) is 194 Å². The number of halogens is 20. The summed E-state index contributed by atoms with van der Waals surface area (Å²) in [6, 6.07) is 20.6. The fourth-order valence-corrected chi connectivity index (χ4v) is 8.86. The van der Waals surface area contributed by atoms with Crippen LogP contribution in [0.3, 0.4) is 0 Å². The van der Waals surface area contributed by atoms with E-state index in [0.717, 1.165) is 16.5 Å². The lowest BCUT2D eigenvalue weighted by molar-refractivity contribution is -0.657. The van der Waals surface area contributed by atoms with Gasteiger partial charge in [-0.2, -0.15) is 4.57 Å². The third-order valence-electron chi connectivity index (χ3n) is 12.1. The molecule has 1 aromatic heterocycles. The van der Waals surface area contributed by atoms with Crippen LogP contribution in [0.25, 0.3) is 10.9 Å². The summed E-state index contributed by atoms with van der Waals surface area (Å²) >= 11 is 0. The summed E-state index contributed by atoms with van der Waals surface area (Å²) < 4.78 is 296. The van der Waals surface area contributed by atoms with Crippen molar-refractivity contribution in [2.75, 3.05) is 0 Å². The van der Waals surface area contributed by atoms with E-state index in [1.54, 1.807) is 0 Å². The summed E-state index contributed by atoms with van der Waals surface area (Å²) in [5.74, 6) is -70.6. The van der Waals surface area contributed by atoms with Crippen LogP contribution < -0.4 is 26.4 Å². The highest BCUT2D eigenvalue weighted by atomic mass is 19.2. The highest BCUT2D eigenvalue weighted by Crippen LogP contribution is 2.34. The number of benzene rings is 6. The molecule has 6 aromatic carbocycles. The van der Waals surface area contributed by atoms with Gasteiger partial charge in [-0.1, -0.05) is 55.7 Å². The van der Waals surface area contributed by atoms with Crippen LogP contribution >= 0.6 is 0 Å². The third-order valence-corrected chi connectivity index (χ3v) is 12.1. The van der Waals surface area contributed by atoms with E-state index in [1.807, 2.05) is 41.1 Å². The molecule has 366 valence electrons. The molecule has 2 nitrogen and oxygen atoms in total. The van der Waals surface area contributed by atoms with Crippen molar-refractivity contribution in [3.63, 3.8) is 0 Å². The number of hydrogen-bond donors (Lipinski definition) is 0. The van der Waals surface area contributed by atoms with E-state index in [9.17, 15) is 57.5 Å². The van der Waals surface area contributed by atoms with Crippen LogP contribution in [-0.2, 0) is 6.54 Å². The van der Waals surface area contributed by atoms with Crippen LogP contribution in [-0.4, -0.2) is 11.9 Å². The molecule has 23 heteroatoms. The van der Waals surface area contributed by atoms with Crippen molar-refractivity contribution >= 4 is 44.7 Å². The Labute approximate surface area is 380 Å². The number of pyridine rings is 1. The largest absolute Gasteiger partial charge is 0.287 e. The van der Waals surface area contributed by atoms with Gasteiger partial charge < -0.3 is 0 Å². The van der Waals surface area contributed by atoms with Crippen molar-refractivity contribution in [2.45, 2.75) is 44.6 Å². The first-order valence-electron chi connectivity index (χ1n) is 20.2. The molecular weight excluding hydrogens is 985 g/mol. The highest BCUT2D eigenvalue weighted by molar-refractivity contribution is 7.20. The van der Waals surface area contributed by atoms with Crippen molar-refractivity contribution in [2.24, 2.45) is 0 Å². The Morgan fingerprint density at radius 1 is 0.400 bits per heavy atom. The van der Waals surface area contributed by atoms with Crippen LogP contribution in [0.1, 0.15) is 53.9 Å². The molecule has 0 atom stereocenters. The molecule has 1 fully saturated rings. The zero-order chi connectivity index (χ0) is 51.4. The molecule has 7 aromatic rings. The van der Waals surface area contributed by atoms with Gasteiger partial charge in [-0.15, -0.1) is 21.9 Å². The van der Waals surface area contributed by atoms with E-state index in [1.165, 1.54) is 37.7 Å². The number of para-hydroxylation sites is 1. The predicted molar refractivity (Wildman–Crippen MR) is 210 cm³/mol. The van der Waals surface area contributed by atoms with Gasteiger partial charge in [0.2, 0.25) is 17.8 Å². The Balaban J connectivity index is 0.000000242. The highest BCUT2D eigenvalue weighted by Gasteiger charge is 2.52. The normalized spacial score (nSPS) is 13.2. The molecule has 1 heterocycles. The molecule has 8 rings (SSSR count). The maximum atomic E-state index is 15.4. The van der Waals surface area contributed by atoms with Gasteiger partial charge >= 0.3 is 0 Å². The zero-order valence-electron chi connectivity index (χ0n) is 34.7. The van der Waals surface area contributed by atoms with E-state index < -0.39 is 144 Å². The number of ketones is 1. The average molecular weight is 1010 g/mol. The standard InChI is InChI=1S/C24BF20.C23H24NO/c26-5-1(6(27)14(35)21(42)13(5)34)25(2-7(28)15(36)22(43)16(37)8(2)29,3-9(30)17(38)23(44)18(39)10(3)31)4-11(32)19(40)24(45)20(41)12(4)33;25-23(17-24-16-6-10-20-9-4-5-11-22(20)24)21-14-12-19(13-15-21)18-7-2-1-3-8-18/h;4-6,9-16,18H,1-3,7-8,17H2/q-1;+1. The van der Waals surface area contributed by atoms with E-state index in [0.29, 0.717) is 12.5 Å². The molecule has 70 heavy (non-hydrogen) atoms. The lowest BCUT2D eigenvalue weighted by atomic mass is 9.12. The maximum absolute atomic E-state index is 15.4. The fourth-order valence-electron chi connectivity index (χ4n) is 8.86. The smallest absolute Gasteiger partial charge is 0.227 e. The number of carbonyl (C=O) groups excluding carboxylic acids is 1. The van der Waals surface area contributed by atoms with Crippen molar-refractivity contribution in [1.82, 2.24) is 0 Å².